The fourth-order valence-electron chi connectivity index (χ4n) is 3.21. The van der Waals surface area contributed by atoms with E-state index in [-0.39, 0.29) is 12.1 Å². The number of hydrogen-bond donors (Lipinski definition) is 1. The van der Waals surface area contributed by atoms with Crippen LogP contribution in [0.15, 0.2) is 34.9 Å². The molecule has 0 aliphatic carbocycles. The summed E-state index contributed by atoms with van der Waals surface area (Å²) in [7, 11) is 1.65. The van der Waals surface area contributed by atoms with E-state index in [2.05, 4.69) is 9.88 Å². The highest BCUT2D eigenvalue weighted by molar-refractivity contribution is 5.57. The van der Waals surface area contributed by atoms with Gasteiger partial charge < -0.3 is 14.3 Å². The van der Waals surface area contributed by atoms with Crippen molar-refractivity contribution in [2.75, 3.05) is 13.7 Å². The van der Waals surface area contributed by atoms with Crippen LogP contribution in [0.2, 0.25) is 0 Å². The highest BCUT2D eigenvalue weighted by Gasteiger charge is 2.27. The lowest BCUT2D eigenvalue weighted by molar-refractivity contribution is 0.0271. The molecular formula is C18H24N2O3. The molecule has 1 aromatic carbocycles. The molecule has 1 aliphatic heterocycles. The summed E-state index contributed by atoms with van der Waals surface area (Å²) < 4.78 is 11.1. The fourth-order valence-corrected chi connectivity index (χ4v) is 3.21. The normalized spacial score (nSPS) is 20.4. The number of likely N-dealkylation sites (tertiary alicyclic amines) is 1. The number of aromatic nitrogens is 1. The molecule has 0 amide bonds. The highest BCUT2D eigenvalue weighted by Crippen LogP contribution is 2.26. The van der Waals surface area contributed by atoms with Gasteiger partial charge in [-0.25, -0.2) is 4.98 Å². The molecule has 0 spiro atoms. The second-order valence-electron chi connectivity index (χ2n) is 6.12. The molecule has 1 aliphatic rings. The zero-order chi connectivity index (χ0) is 16.2. The van der Waals surface area contributed by atoms with Gasteiger partial charge in [0.15, 0.2) is 5.76 Å². The lowest BCUT2D eigenvalue weighted by atomic mass is 9.98. The number of aliphatic hydroxyl groups is 1. The molecule has 1 N–H and O–H groups in total. The zero-order valence-electron chi connectivity index (χ0n) is 13.7. The minimum Gasteiger partial charge on any atom is -0.497 e. The largest absolute Gasteiger partial charge is 0.497 e. The predicted molar refractivity (Wildman–Crippen MR) is 88.2 cm³/mol. The molecule has 2 heterocycles. The number of nitrogens with zero attached hydrogens (tertiary/aromatic N) is 2. The third-order valence-electron chi connectivity index (χ3n) is 4.49. The standard InChI is InChI=1S/C18H24N2O3/c1-13(21)16-5-3-4-10-20(16)12-18-19-11-17(23-18)14-6-8-15(22-2)9-7-14/h6-9,11,13,16,21H,3-5,10,12H2,1-2H3. The molecule has 3 rings (SSSR count). The topological polar surface area (TPSA) is 58.7 Å². The molecule has 2 atom stereocenters. The lowest BCUT2D eigenvalue weighted by Gasteiger charge is -2.36. The van der Waals surface area contributed by atoms with Crippen LogP contribution in [0.25, 0.3) is 11.3 Å². The maximum absolute atomic E-state index is 9.95. The Morgan fingerprint density at radius 2 is 2.13 bits per heavy atom. The first-order valence-electron chi connectivity index (χ1n) is 8.18. The summed E-state index contributed by atoms with van der Waals surface area (Å²) >= 11 is 0. The second kappa shape index (κ2) is 7.15. The Bertz CT molecular complexity index is 621. The van der Waals surface area contributed by atoms with Crippen LogP contribution in [0, 0.1) is 0 Å². The average Bonchev–Trinajstić information content (AvgIpc) is 3.04. The van der Waals surface area contributed by atoms with Crippen LogP contribution in [0.3, 0.4) is 0 Å². The van der Waals surface area contributed by atoms with Crippen molar-refractivity contribution in [2.45, 2.75) is 44.9 Å². The summed E-state index contributed by atoms with van der Waals surface area (Å²) in [6.45, 7) is 3.49. The first-order valence-corrected chi connectivity index (χ1v) is 8.18. The summed E-state index contributed by atoms with van der Waals surface area (Å²) in [5.41, 5.74) is 0.982. The molecule has 0 bridgehead atoms. The highest BCUT2D eigenvalue weighted by atomic mass is 16.5. The third-order valence-corrected chi connectivity index (χ3v) is 4.49. The number of benzene rings is 1. The Labute approximate surface area is 136 Å². The van der Waals surface area contributed by atoms with E-state index in [1.807, 2.05) is 31.2 Å². The van der Waals surface area contributed by atoms with E-state index in [1.54, 1.807) is 13.3 Å². The van der Waals surface area contributed by atoms with Crippen LogP contribution >= 0.6 is 0 Å². The summed E-state index contributed by atoms with van der Waals surface area (Å²) in [4.78, 5) is 6.68. The molecular weight excluding hydrogens is 292 g/mol. The van der Waals surface area contributed by atoms with Gasteiger partial charge in [-0.3, -0.25) is 4.90 Å². The Kier molecular flexibility index (Phi) is 4.98. The smallest absolute Gasteiger partial charge is 0.209 e. The van der Waals surface area contributed by atoms with Crippen molar-refractivity contribution in [1.82, 2.24) is 9.88 Å². The number of rotatable bonds is 5. The lowest BCUT2D eigenvalue weighted by Crippen LogP contribution is -2.45. The van der Waals surface area contributed by atoms with E-state index in [0.29, 0.717) is 12.4 Å². The van der Waals surface area contributed by atoms with Crippen LogP contribution in [-0.2, 0) is 6.54 Å². The fraction of sp³-hybridized carbons (Fsp3) is 0.500. The Morgan fingerprint density at radius 1 is 1.35 bits per heavy atom. The van der Waals surface area contributed by atoms with Crippen molar-refractivity contribution in [3.8, 4) is 17.1 Å². The summed E-state index contributed by atoms with van der Waals surface area (Å²) in [5, 5.41) is 9.95. The van der Waals surface area contributed by atoms with Crippen molar-refractivity contribution < 1.29 is 14.3 Å². The molecule has 23 heavy (non-hydrogen) atoms. The molecule has 0 saturated carbocycles. The molecule has 0 radical (unpaired) electrons. The molecule has 124 valence electrons. The molecule has 2 unspecified atom stereocenters. The third kappa shape index (κ3) is 3.74. The van der Waals surface area contributed by atoms with E-state index in [1.165, 1.54) is 6.42 Å². The monoisotopic (exact) mass is 316 g/mol. The molecule has 5 nitrogen and oxygen atoms in total. The van der Waals surface area contributed by atoms with Crippen molar-refractivity contribution in [3.05, 3.63) is 36.4 Å². The molecule has 2 aromatic rings. The summed E-state index contributed by atoms with van der Waals surface area (Å²) in [6.07, 6.45) is 4.80. The second-order valence-corrected chi connectivity index (χ2v) is 6.12. The van der Waals surface area contributed by atoms with Gasteiger partial charge >= 0.3 is 0 Å². The average molecular weight is 316 g/mol. The minimum atomic E-state index is -0.327. The quantitative estimate of drug-likeness (QED) is 0.918. The number of aliphatic hydroxyl groups excluding tert-OH is 1. The van der Waals surface area contributed by atoms with Crippen molar-refractivity contribution in [2.24, 2.45) is 0 Å². The van der Waals surface area contributed by atoms with Crippen molar-refractivity contribution in [3.63, 3.8) is 0 Å². The first kappa shape index (κ1) is 16.0. The van der Waals surface area contributed by atoms with Gasteiger partial charge in [0.05, 0.1) is 26.0 Å². The maximum Gasteiger partial charge on any atom is 0.209 e. The van der Waals surface area contributed by atoms with E-state index in [9.17, 15) is 5.11 Å². The number of piperidine rings is 1. The number of oxazole rings is 1. The summed E-state index contributed by atoms with van der Waals surface area (Å²) in [5.74, 6) is 2.28. The number of hydrogen-bond acceptors (Lipinski definition) is 5. The van der Waals surface area contributed by atoms with E-state index in [4.69, 9.17) is 9.15 Å². The van der Waals surface area contributed by atoms with Crippen LogP contribution in [0.4, 0.5) is 0 Å². The van der Waals surface area contributed by atoms with Gasteiger partial charge in [0, 0.05) is 11.6 Å². The van der Waals surface area contributed by atoms with Gasteiger partial charge in [-0.2, -0.15) is 0 Å². The molecule has 1 fully saturated rings. The van der Waals surface area contributed by atoms with Gasteiger partial charge in [-0.1, -0.05) is 6.42 Å². The maximum atomic E-state index is 9.95. The molecule has 1 saturated heterocycles. The minimum absolute atomic E-state index is 0.195. The van der Waals surface area contributed by atoms with Gasteiger partial charge in [-0.15, -0.1) is 0 Å². The number of ether oxygens (including phenoxy) is 1. The molecule has 1 aromatic heterocycles. The van der Waals surface area contributed by atoms with E-state index >= 15 is 0 Å². The van der Waals surface area contributed by atoms with Gasteiger partial charge in [0.2, 0.25) is 5.89 Å². The predicted octanol–water partition coefficient (Wildman–Crippen LogP) is 3.09. The van der Waals surface area contributed by atoms with Gasteiger partial charge in [-0.05, 0) is 50.6 Å². The molecule has 5 heteroatoms. The zero-order valence-corrected chi connectivity index (χ0v) is 13.7. The Morgan fingerprint density at radius 3 is 2.83 bits per heavy atom. The Hall–Kier alpha value is -1.85. The van der Waals surface area contributed by atoms with Crippen LogP contribution in [0.5, 0.6) is 5.75 Å². The van der Waals surface area contributed by atoms with Gasteiger partial charge in [0.25, 0.3) is 0 Å². The van der Waals surface area contributed by atoms with Crippen LogP contribution in [0.1, 0.15) is 32.1 Å². The number of methoxy groups -OCH3 is 1. The van der Waals surface area contributed by atoms with E-state index < -0.39 is 0 Å². The van der Waals surface area contributed by atoms with E-state index in [0.717, 1.165) is 36.5 Å². The Balaban J connectivity index is 1.71. The SMILES string of the molecule is COc1ccc(-c2cnc(CN3CCCCC3C(C)O)o2)cc1. The van der Waals surface area contributed by atoms with Crippen LogP contribution < -0.4 is 4.74 Å². The first-order chi connectivity index (χ1) is 11.2. The van der Waals surface area contributed by atoms with Crippen molar-refractivity contribution >= 4 is 0 Å². The van der Waals surface area contributed by atoms with Gasteiger partial charge in [0.1, 0.15) is 5.75 Å². The van der Waals surface area contributed by atoms with Crippen LogP contribution in [-0.4, -0.2) is 40.8 Å². The summed E-state index contributed by atoms with van der Waals surface area (Å²) in [6, 6.07) is 7.93. The van der Waals surface area contributed by atoms with Crippen molar-refractivity contribution in [1.29, 1.82) is 0 Å².